The lowest BCUT2D eigenvalue weighted by molar-refractivity contribution is 0.102. The van der Waals surface area contributed by atoms with Gasteiger partial charge in [0.05, 0.1) is 23.5 Å². The van der Waals surface area contributed by atoms with Crippen LogP contribution >= 0.6 is 11.6 Å². The average molecular weight is 291 g/mol. The molecule has 0 heterocycles. The molecular weight excluding hydrogens is 276 g/mol. The predicted octanol–water partition coefficient (Wildman–Crippen LogP) is 3.57. The van der Waals surface area contributed by atoms with Gasteiger partial charge in [-0.2, -0.15) is 0 Å². The molecule has 4 nitrogen and oxygen atoms in total. The first kappa shape index (κ1) is 14.2. The van der Waals surface area contributed by atoms with E-state index in [2.05, 4.69) is 5.32 Å². The maximum Gasteiger partial charge on any atom is 0.259 e. The topological polar surface area (TPSA) is 64.3 Å². The van der Waals surface area contributed by atoms with Crippen molar-refractivity contribution in [3.8, 4) is 5.75 Å². The summed E-state index contributed by atoms with van der Waals surface area (Å²) in [7, 11) is 0. The minimum Gasteiger partial charge on any atom is -0.493 e. The van der Waals surface area contributed by atoms with E-state index in [1.54, 1.807) is 36.4 Å². The molecule has 104 valence electrons. The average Bonchev–Trinajstić information content (AvgIpc) is 2.44. The van der Waals surface area contributed by atoms with Crippen LogP contribution in [-0.2, 0) is 0 Å². The number of carbonyl (C=O) groups is 1. The molecule has 2 aromatic rings. The number of anilines is 2. The number of hydrogen-bond acceptors (Lipinski definition) is 3. The van der Waals surface area contributed by atoms with Gasteiger partial charge in [0.2, 0.25) is 0 Å². The molecule has 0 saturated heterocycles. The summed E-state index contributed by atoms with van der Waals surface area (Å²) >= 11 is 5.90. The number of hydrogen-bond donors (Lipinski definition) is 2. The summed E-state index contributed by atoms with van der Waals surface area (Å²) in [6.07, 6.45) is 0. The summed E-state index contributed by atoms with van der Waals surface area (Å²) < 4.78 is 5.43. The van der Waals surface area contributed by atoms with Crippen LogP contribution in [0.15, 0.2) is 42.5 Å². The van der Waals surface area contributed by atoms with E-state index in [0.29, 0.717) is 34.3 Å². The smallest absolute Gasteiger partial charge is 0.259 e. The number of nitrogen functional groups attached to an aromatic ring is 1. The van der Waals surface area contributed by atoms with Crippen molar-refractivity contribution in [1.82, 2.24) is 0 Å². The summed E-state index contributed by atoms with van der Waals surface area (Å²) in [5.74, 6) is 0.246. The second kappa shape index (κ2) is 6.30. The Morgan fingerprint density at radius 1 is 1.30 bits per heavy atom. The standard InChI is InChI=1S/C15H15ClN2O2/c1-2-20-14-6-4-3-5-11(14)15(19)18-13-9-10(16)7-8-12(13)17/h3-9H,2,17H2,1H3,(H,18,19). The fourth-order valence-corrected chi connectivity index (χ4v) is 1.93. The van der Waals surface area contributed by atoms with Crippen LogP contribution in [0.25, 0.3) is 0 Å². The fourth-order valence-electron chi connectivity index (χ4n) is 1.76. The van der Waals surface area contributed by atoms with E-state index in [4.69, 9.17) is 22.1 Å². The summed E-state index contributed by atoms with van der Waals surface area (Å²) in [5, 5.41) is 3.24. The molecule has 2 rings (SSSR count). The van der Waals surface area contributed by atoms with E-state index in [-0.39, 0.29) is 5.91 Å². The Kier molecular flexibility index (Phi) is 4.48. The number of nitrogens with two attached hydrogens (primary N) is 1. The van der Waals surface area contributed by atoms with Crippen molar-refractivity contribution in [3.05, 3.63) is 53.1 Å². The molecule has 0 aliphatic carbocycles. The Morgan fingerprint density at radius 2 is 2.05 bits per heavy atom. The van der Waals surface area contributed by atoms with Crippen molar-refractivity contribution in [1.29, 1.82) is 0 Å². The van der Waals surface area contributed by atoms with Crippen molar-refractivity contribution >= 4 is 28.9 Å². The Labute approximate surface area is 122 Å². The molecule has 1 amide bonds. The van der Waals surface area contributed by atoms with Gasteiger partial charge in [0, 0.05) is 5.02 Å². The SMILES string of the molecule is CCOc1ccccc1C(=O)Nc1cc(Cl)ccc1N. The van der Waals surface area contributed by atoms with Crippen molar-refractivity contribution in [3.63, 3.8) is 0 Å². The number of amides is 1. The largest absolute Gasteiger partial charge is 0.493 e. The number of nitrogens with one attached hydrogen (secondary N) is 1. The Hall–Kier alpha value is -2.20. The lowest BCUT2D eigenvalue weighted by Crippen LogP contribution is -2.14. The minimum absolute atomic E-state index is 0.289. The highest BCUT2D eigenvalue weighted by molar-refractivity contribution is 6.31. The van der Waals surface area contributed by atoms with Gasteiger partial charge in [-0.05, 0) is 37.3 Å². The van der Waals surface area contributed by atoms with Crippen LogP contribution in [0.2, 0.25) is 5.02 Å². The van der Waals surface area contributed by atoms with Crippen molar-refractivity contribution in [2.45, 2.75) is 6.92 Å². The molecule has 0 atom stereocenters. The Balaban J connectivity index is 2.26. The molecule has 0 fully saturated rings. The summed E-state index contributed by atoms with van der Waals surface area (Å²) in [4.78, 5) is 12.3. The van der Waals surface area contributed by atoms with E-state index in [1.807, 2.05) is 13.0 Å². The summed E-state index contributed by atoms with van der Waals surface area (Å²) in [5.41, 5.74) is 7.20. The normalized spacial score (nSPS) is 10.1. The third kappa shape index (κ3) is 3.22. The van der Waals surface area contributed by atoms with E-state index in [1.165, 1.54) is 0 Å². The van der Waals surface area contributed by atoms with Crippen LogP contribution in [-0.4, -0.2) is 12.5 Å². The number of para-hydroxylation sites is 1. The number of carbonyl (C=O) groups excluding carboxylic acids is 1. The number of rotatable bonds is 4. The van der Waals surface area contributed by atoms with Crippen LogP contribution in [0.1, 0.15) is 17.3 Å². The zero-order valence-electron chi connectivity index (χ0n) is 11.0. The van der Waals surface area contributed by atoms with Gasteiger partial charge in [0.25, 0.3) is 5.91 Å². The van der Waals surface area contributed by atoms with E-state index in [9.17, 15) is 4.79 Å². The molecule has 0 bridgehead atoms. The number of benzene rings is 2. The molecule has 5 heteroatoms. The summed E-state index contributed by atoms with van der Waals surface area (Å²) in [6, 6.07) is 12.0. The van der Waals surface area contributed by atoms with Crippen LogP contribution < -0.4 is 15.8 Å². The van der Waals surface area contributed by atoms with Gasteiger partial charge >= 0.3 is 0 Å². The van der Waals surface area contributed by atoms with Crippen LogP contribution in [0.4, 0.5) is 11.4 Å². The first-order chi connectivity index (χ1) is 9.61. The second-order valence-electron chi connectivity index (χ2n) is 4.11. The van der Waals surface area contributed by atoms with Gasteiger partial charge in [0.1, 0.15) is 5.75 Å². The predicted molar refractivity (Wildman–Crippen MR) is 81.4 cm³/mol. The Morgan fingerprint density at radius 3 is 2.80 bits per heavy atom. The van der Waals surface area contributed by atoms with Gasteiger partial charge < -0.3 is 15.8 Å². The summed E-state index contributed by atoms with van der Waals surface area (Å²) in [6.45, 7) is 2.35. The first-order valence-electron chi connectivity index (χ1n) is 6.20. The highest BCUT2D eigenvalue weighted by Gasteiger charge is 2.13. The molecule has 0 saturated carbocycles. The third-order valence-electron chi connectivity index (χ3n) is 2.70. The molecular formula is C15H15ClN2O2. The quantitative estimate of drug-likeness (QED) is 0.846. The highest BCUT2D eigenvalue weighted by atomic mass is 35.5. The molecule has 0 unspecified atom stereocenters. The number of ether oxygens (including phenoxy) is 1. The first-order valence-corrected chi connectivity index (χ1v) is 6.58. The highest BCUT2D eigenvalue weighted by Crippen LogP contribution is 2.25. The molecule has 2 aromatic carbocycles. The van der Waals surface area contributed by atoms with Gasteiger partial charge in [-0.25, -0.2) is 0 Å². The molecule has 0 aliphatic heterocycles. The molecule has 0 radical (unpaired) electrons. The van der Waals surface area contributed by atoms with Gasteiger partial charge in [0.15, 0.2) is 0 Å². The van der Waals surface area contributed by atoms with Crippen molar-refractivity contribution < 1.29 is 9.53 Å². The van der Waals surface area contributed by atoms with Crippen LogP contribution in [0, 0.1) is 0 Å². The van der Waals surface area contributed by atoms with Crippen molar-refractivity contribution in [2.24, 2.45) is 0 Å². The molecule has 0 spiro atoms. The zero-order valence-corrected chi connectivity index (χ0v) is 11.8. The Bertz CT molecular complexity index is 629. The van der Waals surface area contributed by atoms with Gasteiger partial charge in [-0.1, -0.05) is 23.7 Å². The van der Waals surface area contributed by atoms with E-state index >= 15 is 0 Å². The molecule has 0 aliphatic rings. The van der Waals surface area contributed by atoms with Crippen LogP contribution in [0.5, 0.6) is 5.75 Å². The van der Waals surface area contributed by atoms with Crippen LogP contribution in [0.3, 0.4) is 0 Å². The maximum atomic E-state index is 12.3. The lowest BCUT2D eigenvalue weighted by Gasteiger charge is -2.12. The molecule has 0 aromatic heterocycles. The van der Waals surface area contributed by atoms with Gasteiger partial charge in [-0.15, -0.1) is 0 Å². The lowest BCUT2D eigenvalue weighted by atomic mass is 10.1. The monoisotopic (exact) mass is 290 g/mol. The van der Waals surface area contributed by atoms with E-state index in [0.717, 1.165) is 0 Å². The maximum absolute atomic E-state index is 12.3. The third-order valence-corrected chi connectivity index (χ3v) is 2.93. The second-order valence-corrected chi connectivity index (χ2v) is 4.55. The zero-order chi connectivity index (χ0) is 14.5. The van der Waals surface area contributed by atoms with E-state index < -0.39 is 0 Å². The fraction of sp³-hybridized carbons (Fsp3) is 0.133. The number of halogens is 1. The minimum atomic E-state index is -0.289. The van der Waals surface area contributed by atoms with Crippen molar-refractivity contribution in [2.75, 3.05) is 17.7 Å². The molecule has 20 heavy (non-hydrogen) atoms. The molecule has 3 N–H and O–H groups in total. The van der Waals surface area contributed by atoms with Gasteiger partial charge in [-0.3, -0.25) is 4.79 Å².